The third kappa shape index (κ3) is 3.13. The van der Waals surface area contributed by atoms with Crippen LogP contribution in [0.25, 0.3) is 33.3 Å². The number of fused-ring (bicyclic) bond motifs is 2. The Morgan fingerprint density at radius 2 is 1.93 bits per heavy atom. The second kappa shape index (κ2) is 7.57. The van der Waals surface area contributed by atoms with Crippen molar-refractivity contribution in [3.63, 3.8) is 0 Å². The summed E-state index contributed by atoms with van der Waals surface area (Å²) in [6, 6.07) is 8.70. The molecule has 4 heteroatoms. The average Bonchev–Trinajstić information content (AvgIpc) is 3.31. The summed E-state index contributed by atoms with van der Waals surface area (Å²) in [6.07, 6.45) is 10.6. The second-order valence-corrected chi connectivity index (χ2v) is 9.35. The fourth-order valence-corrected chi connectivity index (χ4v) is 5.38. The molecular formula is C26H32N4. The van der Waals surface area contributed by atoms with Gasteiger partial charge in [-0.3, -0.25) is 4.98 Å². The molecule has 4 aromatic heterocycles. The molecule has 4 heterocycles. The molecule has 0 bridgehead atoms. The van der Waals surface area contributed by atoms with E-state index in [9.17, 15) is 0 Å². The SMILES string of the molecule is CCC1CCC(c2ccc3[nH]c(-c4cn(C)c5ncccc45)c(C(C)C)c3n2)CC1. The number of hydrogen-bond acceptors (Lipinski definition) is 2. The van der Waals surface area contributed by atoms with Crippen LogP contribution >= 0.6 is 0 Å². The highest BCUT2D eigenvalue weighted by Crippen LogP contribution is 2.40. The molecule has 0 atom stereocenters. The van der Waals surface area contributed by atoms with Crippen molar-refractivity contribution in [1.82, 2.24) is 19.5 Å². The van der Waals surface area contributed by atoms with Crippen LogP contribution in [0.2, 0.25) is 0 Å². The first kappa shape index (κ1) is 19.3. The van der Waals surface area contributed by atoms with Crippen molar-refractivity contribution in [2.45, 2.75) is 64.7 Å². The lowest BCUT2D eigenvalue weighted by Crippen LogP contribution is -2.13. The Balaban J connectivity index is 1.62. The molecule has 0 aromatic carbocycles. The predicted molar refractivity (Wildman–Crippen MR) is 125 cm³/mol. The standard InChI is InChI=1S/C26H32N4/c1-5-17-8-10-18(11-9-17)21-12-13-22-25(28-21)23(16(2)3)24(29-22)20-15-30(4)26-19(20)7-6-14-27-26/h6-7,12-18,29H,5,8-11H2,1-4H3. The van der Waals surface area contributed by atoms with Gasteiger partial charge in [-0.2, -0.15) is 0 Å². The number of hydrogen-bond donors (Lipinski definition) is 1. The maximum atomic E-state index is 5.25. The summed E-state index contributed by atoms with van der Waals surface area (Å²) in [5.74, 6) is 1.91. The lowest BCUT2D eigenvalue weighted by molar-refractivity contribution is 0.316. The number of aromatic amines is 1. The minimum atomic E-state index is 0.388. The molecule has 30 heavy (non-hydrogen) atoms. The summed E-state index contributed by atoms with van der Waals surface area (Å²) < 4.78 is 2.12. The van der Waals surface area contributed by atoms with Crippen molar-refractivity contribution in [3.05, 3.63) is 47.9 Å². The van der Waals surface area contributed by atoms with E-state index < -0.39 is 0 Å². The lowest BCUT2D eigenvalue weighted by Gasteiger charge is -2.27. The normalized spacial score (nSPS) is 19.9. The molecule has 0 spiro atoms. The molecule has 4 aromatic rings. The van der Waals surface area contributed by atoms with Gasteiger partial charge in [0, 0.05) is 47.6 Å². The van der Waals surface area contributed by atoms with Crippen LogP contribution in [0.15, 0.2) is 36.7 Å². The molecule has 1 aliphatic carbocycles. The van der Waals surface area contributed by atoms with E-state index in [1.165, 1.54) is 60.0 Å². The molecule has 0 aliphatic heterocycles. The summed E-state index contributed by atoms with van der Waals surface area (Å²) in [7, 11) is 2.07. The van der Waals surface area contributed by atoms with Crippen LogP contribution in [0.1, 0.15) is 76.0 Å². The molecule has 0 amide bonds. The van der Waals surface area contributed by atoms with Crippen LogP contribution in [0, 0.1) is 5.92 Å². The zero-order valence-electron chi connectivity index (χ0n) is 18.6. The Hall–Kier alpha value is -2.62. The smallest absolute Gasteiger partial charge is 0.140 e. The van der Waals surface area contributed by atoms with Crippen LogP contribution in [-0.4, -0.2) is 19.5 Å². The van der Waals surface area contributed by atoms with E-state index in [4.69, 9.17) is 4.98 Å². The van der Waals surface area contributed by atoms with Gasteiger partial charge in [0.1, 0.15) is 5.65 Å². The molecule has 1 N–H and O–H groups in total. The van der Waals surface area contributed by atoms with E-state index in [1.807, 2.05) is 12.3 Å². The maximum absolute atomic E-state index is 5.25. The van der Waals surface area contributed by atoms with Gasteiger partial charge in [0.15, 0.2) is 0 Å². The zero-order valence-corrected chi connectivity index (χ0v) is 18.6. The minimum Gasteiger partial charge on any atom is -0.353 e. The molecule has 4 nitrogen and oxygen atoms in total. The highest BCUT2D eigenvalue weighted by atomic mass is 15.0. The molecule has 0 saturated heterocycles. The van der Waals surface area contributed by atoms with E-state index in [0.29, 0.717) is 11.8 Å². The number of rotatable bonds is 4. The minimum absolute atomic E-state index is 0.388. The van der Waals surface area contributed by atoms with E-state index >= 15 is 0 Å². The van der Waals surface area contributed by atoms with Crippen molar-refractivity contribution in [3.8, 4) is 11.3 Å². The summed E-state index contributed by atoms with van der Waals surface area (Å²) in [5.41, 5.74) is 8.32. The molecular weight excluding hydrogens is 368 g/mol. The summed E-state index contributed by atoms with van der Waals surface area (Å²) >= 11 is 0. The number of pyridine rings is 2. The Morgan fingerprint density at radius 3 is 2.67 bits per heavy atom. The average molecular weight is 401 g/mol. The fourth-order valence-electron chi connectivity index (χ4n) is 5.38. The fraction of sp³-hybridized carbons (Fsp3) is 0.462. The lowest BCUT2D eigenvalue weighted by atomic mass is 9.79. The molecule has 1 fully saturated rings. The van der Waals surface area contributed by atoms with Gasteiger partial charge in [-0.25, -0.2) is 4.98 Å². The van der Waals surface area contributed by atoms with Gasteiger partial charge in [0.2, 0.25) is 0 Å². The third-order valence-electron chi connectivity index (χ3n) is 7.12. The first-order valence-corrected chi connectivity index (χ1v) is 11.5. The molecule has 0 radical (unpaired) electrons. The highest BCUT2D eigenvalue weighted by Gasteiger charge is 2.25. The molecule has 1 aliphatic rings. The summed E-state index contributed by atoms with van der Waals surface area (Å²) in [6.45, 7) is 6.88. The first-order chi connectivity index (χ1) is 14.6. The molecule has 0 unspecified atom stereocenters. The van der Waals surface area contributed by atoms with Gasteiger partial charge in [0.05, 0.1) is 16.7 Å². The summed E-state index contributed by atoms with van der Waals surface area (Å²) in [5, 5.41) is 1.19. The van der Waals surface area contributed by atoms with Gasteiger partial charge in [0.25, 0.3) is 0 Å². The van der Waals surface area contributed by atoms with Crippen molar-refractivity contribution in [1.29, 1.82) is 0 Å². The molecule has 156 valence electrons. The monoisotopic (exact) mass is 400 g/mol. The van der Waals surface area contributed by atoms with Crippen molar-refractivity contribution >= 4 is 22.1 Å². The molecule has 1 saturated carbocycles. The Labute approximate surface area is 178 Å². The number of aryl methyl sites for hydroxylation is 1. The van der Waals surface area contributed by atoms with Crippen LogP contribution < -0.4 is 0 Å². The van der Waals surface area contributed by atoms with Crippen molar-refractivity contribution in [2.75, 3.05) is 0 Å². The van der Waals surface area contributed by atoms with Gasteiger partial charge < -0.3 is 9.55 Å². The Kier molecular flexibility index (Phi) is 4.88. The van der Waals surface area contributed by atoms with E-state index in [-0.39, 0.29) is 0 Å². The number of nitrogens with one attached hydrogen (secondary N) is 1. The van der Waals surface area contributed by atoms with Crippen LogP contribution in [0.5, 0.6) is 0 Å². The summed E-state index contributed by atoms with van der Waals surface area (Å²) in [4.78, 5) is 13.5. The van der Waals surface area contributed by atoms with Gasteiger partial charge in [-0.15, -0.1) is 0 Å². The van der Waals surface area contributed by atoms with E-state index in [1.54, 1.807) is 0 Å². The topological polar surface area (TPSA) is 46.5 Å². The zero-order chi connectivity index (χ0) is 20.8. The molecule has 5 rings (SSSR count). The van der Waals surface area contributed by atoms with E-state index in [2.05, 4.69) is 66.7 Å². The number of nitrogens with zero attached hydrogens (tertiary/aromatic N) is 3. The largest absolute Gasteiger partial charge is 0.353 e. The van der Waals surface area contributed by atoms with E-state index in [0.717, 1.165) is 22.6 Å². The quantitative estimate of drug-likeness (QED) is 0.404. The number of aromatic nitrogens is 4. The Bertz CT molecular complexity index is 1190. The van der Waals surface area contributed by atoms with Gasteiger partial charge in [-0.05, 0) is 61.8 Å². The van der Waals surface area contributed by atoms with Crippen LogP contribution in [0.4, 0.5) is 0 Å². The van der Waals surface area contributed by atoms with Crippen molar-refractivity contribution < 1.29 is 0 Å². The Morgan fingerprint density at radius 1 is 1.13 bits per heavy atom. The van der Waals surface area contributed by atoms with Crippen LogP contribution in [0.3, 0.4) is 0 Å². The number of H-pyrrole nitrogens is 1. The third-order valence-corrected chi connectivity index (χ3v) is 7.12. The highest BCUT2D eigenvalue weighted by molar-refractivity contribution is 5.98. The predicted octanol–water partition coefficient (Wildman–Crippen LogP) is 6.92. The van der Waals surface area contributed by atoms with Crippen molar-refractivity contribution in [2.24, 2.45) is 13.0 Å². The second-order valence-electron chi connectivity index (χ2n) is 9.35. The maximum Gasteiger partial charge on any atom is 0.140 e. The van der Waals surface area contributed by atoms with Gasteiger partial charge in [-0.1, -0.05) is 27.2 Å². The van der Waals surface area contributed by atoms with Gasteiger partial charge >= 0.3 is 0 Å². The van der Waals surface area contributed by atoms with Crippen LogP contribution in [-0.2, 0) is 7.05 Å². The first-order valence-electron chi connectivity index (χ1n) is 11.5.